The Morgan fingerprint density at radius 3 is 1.77 bits per heavy atom. The zero-order valence-electron chi connectivity index (χ0n) is 56.1. The molecule has 1 unspecified atom stereocenters. The Morgan fingerprint density at radius 1 is 0.644 bits per heavy atom. The third-order valence-corrected chi connectivity index (χ3v) is 18.0. The first-order valence-electron chi connectivity index (χ1n) is 33.7. The van der Waals surface area contributed by atoms with Gasteiger partial charge in [0.05, 0.1) is 63.9 Å². The van der Waals surface area contributed by atoms with E-state index in [9.17, 15) is 116 Å². The average molecular weight is 1460 g/mol. The zero-order chi connectivity index (χ0) is 74.4. The fraction of sp³-hybridized carbons (Fsp3) is 0.810. The van der Waals surface area contributed by atoms with Gasteiger partial charge in [-0.05, 0) is 18.9 Å². The fourth-order valence-electron chi connectivity index (χ4n) is 12.5. The number of unbranched alkanes of at least 4 members (excludes halogenated alkanes) is 11. The molecule has 0 aromatic heterocycles. The van der Waals surface area contributed by atoms with Gasteiger partial charge in [-0.15, -0.1) is 0 Å². The van der Waals surface area contributed by atoms with Crippen molar-refractivity contribution in [3.8, 4) is 0 Å². The Hall–Kier alpha value is -5.09. The minimum absolute atomic E-state index is 0.141. The molecule has 38 nitrogen and oxygen atoms in total. The zero-order valence-corrected chi connectivity index (χ0v) is 56.1. The number of aliphatic hydroxyl groups excluding tert-OH is 16. The van der Waals surface area contributed by atoms with Crippen molar-refractivity contribution in [3.63, 3.8) is 0 Å². The number of carboxylic acids is 1. The molecule has 0 spiro atoms. The molecule has 6 rings (SSSR count). The SMILES string of the molecule is CCCCCCCCCCCCC/C=C/[C@@H](O)C(CO[C@@H]1O[C@H](CO)[C@@H](O[C@@H]2O[C@H](CO)[C@H](O[C@@H]3O[C@H](CO)[C@H](O)[C@H](O[C@@H]4O[C@H](CO)[C@H](O)[C@H](O)[C@H]4O)[C@H]3NC(C)=O)[C@H](O[C@]3(C(=O)O)C[C@H](O)[C@@H](NC(C)=O)[C@H]([C@H](O)[C@H](O)CO)O3)[C@H]2O)[C@H](O)[C@H]1O)NC(=O)COC(=O)C1=CC=CC1=[N+]=[N-]. The molecular formula is C63H101N5O33. The van der Waals surface area contributed by atoms with Gasteiger partial charge < -0.3 is 160 Å². The molecule has 101 heavy (non-hydrogen) atoms. The van der Waals surface area contributed by atoms with Crippen LogP contribution in [0.4, 0.5) is 0 Å². The van der Waals surface area contributed by atoms with E-state index in [1.54, 1.807) is 6.08 Å². The smallest absolute Gasteiger partial charge is 0.364 e. The normalized spacial score (nSPS) is 36.4. The van der Waals surface area contributed by atoms with Gasteiger partial charge in [-0.25, -0.2) is 9.59 Å². The summed E-state index contributed by atoms with van der Waals surface area (Å²) in [6.45, 7) is -3.32. The molecule has 1 aliphatic carbocycles. The maximum absolute atomic E-state index is 13.8. The van der Waals surface area contributed by atoms with Gasteiger partial charge in [0.15, 0.2) is 31.8 Å². The van der Waals surface area contributed by atoms with Gasteiger partial charge in [0.25, 0.3) is 11.7 Å². The Labute approximate surface area is 580 Å². The number of hydrogen-bond acceptors (Lipinski definition) is 32. The second kappa shape index (κ2) is 41.0. The molecule has 3 amide bonds. The van der Waals surface area contributed by atoms with Crippen LogP contribution in [-0.2, 0) is 76.1 Å². The summed E-state index contributed by atoms with van der Waals surface area (Å²) in [5.74, 6) is -9.47. The number of nitrogens with zero attached hydrogens (tertiary/aromatic N) is 2. The maximum atomic E-state index is 13.8. The molecule has 38 heteroatoms. The first-order chi connectivity index (χ1) is 48.1. The Morgan fingerprint density at radius 2 is 1.18 bits per heavy atom. The highest BCUT2D eigenvalue weighted by molar-refractivity contribution is 6.24. The molecule has 5 heterocycles. The van der Waals surface area contributed by atoms with Gasteiger partial charge in [0, 0.05) is 26.3 Å². The van der Waals surface area contributed by atoms with E-state index < -0.39 is 253 Å². The van der Waals surface area contributed by atoms with Crippen LogP contribution >= 0.6 is 0 Å². The number of ether oxygens (including phenoxy) is 11. The van der Waals surface area contributed by atoms with Gasteiger partial charge in [-0.3, -0.25) is 14.4 Å². The molecule has 0 aromatic carbocycles. The van der Waals surface area contributed by atoms with Crippen LogP contribution in [0.2, 0.25) is 0 Å². The van der Waals surface area contributed by atoms with Crippen LogP contribution in [0, 0.1) is 0 Å². The highest BCUT2D eigenvalue weighted by Crippen LogP contribution is 2.41. The molecular weight excluding hydrogens is 1350 g/mol. The number of hydrogen-bond donors (Lipinski definition) is 20. The van der Waals surface area contributed by atoms with E-state index in [1.165, 1.54) is 56.4 Å². The lowest BCUT2D eigenvalue weighted by Gasteiger charge is -2.52. The Bertz CT molecular complexity index is 2760. The van der Waals surface area contributed by atoms with E-state index in [0.29, 0.717) is 6.42 Å². The standard InChI is InChI=1S/C63H101N5O33/c1-4-5-6-7-8-9-10-11-12-13-14-15-16-20-34(76)33(67-41(79)28-91-57(88)31-18-17-19-32(31)68-64)27-92-59-50(86)48(84)52(39(25-72)95-59)97-61-51(87)56(101-63(62(89)90)21-35(77)42(65-29(2)74)55(100-63)44(80)36(78)22-69)53(40(26-73)96-61)98-58-43(66-30(3)75)54(46(82)38(24-71)93-58)99-60-49(85)47(83)45(81)37(23-70)94-60/h16-20,33-40,42-56,58-61,69-73,76-78,80-87H,4-15,21-28H2,1-3H3,(H,65,74)(H,66,75)(H,67,79)(H,89,90)/b20-16+/t33?,34-,35+,36-,37-,38-,39-,40-,42-,43-,44-,45+,46+,47+,48-,49-,50-,51-,52-,53+,54-,55-,56-,58+,59-,60+,61+,63+/m1/s1. The van der Waals surface area contributed by atoms with Gasteiger partial charge in [-0.2, -0.15) is 4.79 Å². The summed E-state index contributed by atoms with van der Waals surface area (Å²) in [6, 6.07) is -5.15. The molecule has 576 valence electrons. The summed E-state index contributed by atoms with van der Waals surface area (Å²) in [5, 5.41) is 195. The summed E-state index contributed by atoms with van der Waals surface area (Å²) in [5.41, 5.74) is 8.95. The number of amides is 3. The highest BCUT2D eigenvalue weighted by Gasteiger charge is 2.62. The average Bonchev–Trinajstić information content (AvgIpc) is 0.993. The van der Waals surface area contributed by atoms with Gasteiger partial charge in [0.2, 0.25) is 11.8 Å². The van der Waals surface area contributed by atoms with Crippen LogP contribution in [0.5, 0.6) is 0 Å². The second-order valence-corrected chi connectivity index (χ2v) is 25.6. The highest BCUT2D eigenvalue weighted by atomic mass is 16.8. The van der Waals surface area contributed by atoms with Crippen LogP contribution in [0.3, 0.4) is 0 Å². The molecule has 0 radical (unpaired) electrons. The van der Waals surface area contributed by atoms with Crippen LogP contribution in [-0.4, -0.2) is 344 Å². The lowest BCUT2D eigenvalue weighted by atomic mass is 9.88. The molecule has 0 saturated carbocycles. The molecule has 0 bridgehead atoms. The topological polar surface area (TPSA) is 603 Å². The number of nitrogens with one attached hydrogen (secondary N) is 3. The Balaban J connectivity index is 1.29. The first-order valence-corrected chi connectivity index (χ1v) is 33.7. The van der Waals surface area contributed by atoms with Crippen LogP contribution < -0.4 is 16.0 Å². The van der Waals surface area contributed by atoms with E-state index in [0.717, 1.165) is 52.4 Å². The van der Waals surface area contributed by atoms with Crippen molar-refractivity contribution in [2.24, 2.45) is 0 Å². The van der Waals surface area contributed by atoms with Crippen molar-refractivity contribution < 1.29 is 168 Å². The minimum Gasteiger partial charge on any atom is -0.477 e. The lowest BCUT2D eigenvalue weighted by Crippen LogP contribution is -2.72. The minimum atomic E-state index is -3.42. The van der Waals surface area contributed by atoms with E-state index in [1.807, 2.05) is 0 Å². The number of allylic oxidation sites excluding steroid dienone is 4. The largest absolute Gasteiger partial charge is 0.477 e. The fourth-order valence-corrected chi connectivity index (χ4v) is 12.5. The molecule has 5 aliphatic heterocycles. The number of carboxylic acid groups (broad SMARTS) is 1. The number of aliphatic hydroxyl groups is 16. The molecule has 6 aliphatic rings. The number of esters is 1. The van der Waals surface area contributed by atoms with Crippen molar-refractivity contribution in [1.82, 2.24) is 16.0 Å². The van der Waals surface area contributed by atoms with Crippen molar-refractivity contribution in [2.45, 2.75) is 275 Å². The second-order valence-electron chi connectivity index (χ2n) is 25.6. The number of aliphatic carboxylic acids is 1. The van der Waals surface area contributed by atoms with E-state index in [2.05, 4.69) is 27.7 Å². The number of rotatable bonds is 39. The van der Waals surface area contributed by atoms with Crippen LogP contribution in [0.1, 0.15) is 104 Å². The summed E-state index contributed by atoms with van der Waals surface area (Å²) in [4.78, 5) is 68.4. The van der Waals surface area contributed by atoms with Crippen LogP contribution in [0.15, 0.2) is 36.0 Å². The van der Waals surface area contributed by atoms with Gasteiger partial charge in [-0.1, -0.05) is 89.4 Å². The molecule has 0 aromatic rings. The van der Waals surface area contributed by atoms with E-state index in [4.69, 9.17) is 52.1 Å². The summed E-state index contributed by atoms with van der Waals surface area (Å²) in [7, 11) is 0. The molecule has 5 saturated heterocycles. The molecule has 28 atom stereocenters. The van der Waals surface area contributed by atoms with Gasteiger partial charge >= 0.3 is 17.7 Å². The lowest BCUT2D eigenvalue weighted by molar-refractivity contribution is -0.403. The summed E-state index contributed by atoms with van der Waals surface area (Å²) < 4.78 is 64.5. The van der Waals surface area contributed by atoms with Crippen LogP contribution in [0.25, 0.3) is 5.53 Å². The molecule has 5 fully saturated rings. The van der Waals surface area contributed by atoms with Gasteiger partial charge in [0.1, 0.15) is 121 Å². The first kappa shape index (κ1) is 84.8. The number of carbonyl (C=O) groups excluding carboxylic acids is 4. The third kappa shape index (κ3) is 22.5. The maximum Gasteiger partial charge on any atom is 0.364 e. The summed E-state index contributed by atoms with van der Waals surface area (Å²) >= 11 is 0. The molecule has 20 N–H and O–H groups in total. The quantitative estimate of drug-likeness (QED) is 0.00894. The third-order valence-electron chi connectivity index (χ3n) is 18.0. The van der Waals surface area contributed by atoms with Crippen molar-refractivity contribution in [2.75, 3.05) is 46.2 Å². The summed E-state index contributed by atoms with van der Waals surface area (Å²) in [6.07, 6.45) is -32.4. The van der Waals surface area contributed by atoms with E-state index >= 15 is 0 Å². The number of carbonyl (C=O) groups is 5. The van der Waals surface area contributed by atoms with Crippen molar-refractivity contribution >= 4 is 35.4 Å². The monoisotopic (exact) mass is 1460 g/mol. The predicted octanol–water partition coefficient (Wildman–Crippen LogP) is -7.59. The van der Waals surface area contributed by atoms with Crippen molar-refractivity contribution in [1.29, 1.82) is 0 Å². The van der Waals surface area contributed by atoms with E-state index in [-0.39, 0.29) is 11.3 Å². The Kier molecular flexibility index (Phi) is 34.4. The predicted molar refractivity (Wildman–Crippen MR) is 336 cm³/mol. The van der Waals surface area contributed by atoms with Crippen molar-refractivity contribution in [3.05, 3.63) is 41.5 Å².